The van der Waals surface area contributed by atoms with Crippen LogP contribution in [0, 0.1) is 10.1 Å². The quantitative estimate of drug-likeness (QED) is 0.377. The zero-order chi connectivity index (χ0) is 15.5. The second kappa shape index (κ2) is 5.61. The summed E-state index contributed by atoms with van der Waals surface area (Å²) in [5, 5.41) is 11.0. The predicted octanol–water partition coefficient (Wildman–Crippen LogP) is 2.94. The minimum Gasteiger partial charge on any atom is -0.402 e. The molecule has 6 heteroatoms. The van der Waals surface area contributed by atoms with Gasteiger partial charge in [0.25, 0.3) is 5.69 Å². The fourth-order valence-electron chi connectivity index (χ4n) is 2.04. The van der Waals surface area contributed by atoms with Crippen LogP contribution in [0.1, 0.15) is 11.1 Å². The molecule has 3 rings (SSSR count). The lowest BCUT2D eigenvalue weighted by molar-refractivity contribution is -0.385. The average molecular weight is 294 g/mol. The second-order valence-corrected chi connectivity index (χ2v) is 4.52. The number of hydrogen-bond donors (Lipinski definition) is 0. The van der Waals surface area contributed by atoms with Crippen molar-refractivity contribution in [3.8, 4) is 0 Å². The molecular formula is C16H10N2O4. The van der Waals surface area contributed by atoms with Crippen LogP contribution >= 0.6 is 0 Å². The number of nitrogens with zero attached hydrogens (tertiary/aromatic N) is 2. The third kappa shape index (κ3) is 2.62. The Labute approximate surface area is 125 Å². The number of nitro benzene ring substituents is 1. The first-order chi connectivity index (χ1) is 10.6. The number of para-hydroxylation sites is 1. The number of esters is 1. The molecule has 22 heavy (non-hydrogen) atoms. The Balaban J connectivity index is 2.00. The fourth-order valence-corrected chi connectivity index (χ4v) is 2.04. The highest BCUT2D eigenvalue weighted by atomic mass is 16.6. The van der Waals surface area contributed by atoms with E-state index < -0.39 is 10.9 Å². The first-order valence-corrected chi connectivity index (χ1v) is 6.46. The Hall–Kier alpha value is -3.28. The van der Waals surface area contributed by atoms with Crippen molar-refractivity contribution in [2.45, 2.75) is 0 Å². The van der Waals surface area contributed by atoms with Gasteiger partial charge < -0.3 is 4.74 Å². The molecular weight excluding hydrogens is 284 g/mol. The summed E-state index contributed by atoms with van der Waals surface area (Å²) in [6.45, 7) is 0. The molecule has 0 unspecified atom stereocenters. The number of cyclic esters (lactones) is 1. The Kier molecular flexibility index (Phi) is 3.49. The van der Waals surface area contributed by atoms with E-state index in [2.05, 4.69) is 4.99 Å². The van der Waals surface area contributed by atoms with Crippen LogP contribution in [0.2, 0.25) is 0 Å². The summed E-state index contributed by atoms with van der Waals surface area (Å²) in [6, 6.07) is 15.1. The minimum absolute atomic E-state index is 0.0353. The van der Waals surface area contributed by atoms with Gasteiger partial charge >= 0.3 is 5.97 Å². The van der Waals surface area contributed by atoms with E-state index in [-0.39, 0.29) is 17.3 Å². The van der Waals surface area contributed by atoms with E-state index in [4.69, 9.17) is 4.74 Å². The smallest absolute Gasteiger partial charge is 0.363 e. The van der Waals surface area contributed by atoms with Gasteiger partial charge in [0.1, 0.15) is 0 Å². The standard InChI is InChI=1S/C16H10N2O4/c19-16-13(10-12-8-4-5-9-14(12)18(20)21)17-15(22-16)11-6-2-1-3-7-11/h1-10H/b13-10-. The molecule has 0 saturated heterocycles. The van der Waals surface area contributed by atoms with Gasteiger partial charge in [-0.3, -0.25) is 10.1 Å². The number of hydrogen-bond acceptors (Lipinski definition) is 5. The normalized spacial score (nSPS) is 15.5. The number of nitro groups is 1. The van der Waals surface area contributed by atoms with Crippen LogP contribution < -0.4 is 0 Å². The molecule has 0 fully saturated rings. The number of aliphatic imine (C=N–C) groups is 1. The number of benzene rings is 2. The molecule has 2 aromatic carbocycles. The number of carbonyl (C=O) groups is 1. The van der Waals surface area contributed by atoms with Crippen LogP contribution in [0.25, 0.3) is 6.08 Å². The SMILES string of the molecule is O=C1OC(c2ccccc2)=N/C1=C\c1ccccc1[N+](=O)[O-]. The summed E-state index contributed by atoms with van der Waals surface area (Å²) < 4.78 is 5.11. The minimum atomic E-state index is -0.628. The summed E-state index contributed by atoms with van der Waals surface area (Å²) in [5.74, 6) is -0.438. The first-order valence-electron chi connectivity index (χ1n) is 6.46. The molecule has 0 N–H and O–H groups in total. The van der Waals surface area contributed by atoms with E-state index in [1.54, 1.807) is 42.5 Å². The molecule has 2 aromatic rings. The van der Waals surface area contributed by atoms with E-state index in [9.17, 15) is 14.9 Å². The Morgan fingerprint density at radius 3 is 2.45 bits per heavy atom. The molecule has 108 valence electrons. The van der Waals surface area contributed by atoms with E-state index in [1.165, 1.54) is 12.1 Å². The maximum absolute atomic E-state index is 11.9. The van der Waals surface area contributed by atoms with Gasteiger partial charge in [0.15, 0.2) is 5.70 Å². The zero-order valence-corrected chi connectivity index (χ0v) is 11.3. The molecule has 0 bridgehead atoms. The van der Waals surface area contributed by atoms with Crippen LogP contribution in [0.3, 0.4) is 0 Å². The van der Waals surface area contributed by atoms with Gasteiger partial charge in [0.2, 0.25) is 5.90 Å². The number of rotatable bonds is 3. The molecule has 0 radical (unpaired) electrons. The topological polar surface area (TPSA) is 81.8 Å². The summed E-state index contributed by atoms with van der Waals surface area (Å²) in [7, 11) is 0. The Morgan fingerprint density at radius 2 is 1.73 bits per heavy atom. The van der Waals surface area contributed by atoms with Gasteiger partial charge in [0, 0.05) is 11.6 Å². The molecule has 1 aliphatic heterocycles. The zero-order valence-electron chi connectivity index (χ0n) is 11.3. The lowest BCUT2D eigenvalue weighted by Gasteiger charge is -1.97. The van der Waals surface area contributed by atoms with Gasteiger partial charge in [-0.25, -0.2) is 9.79 Å². The van der Waals surface area contributed by atoms with Gasteiger partial charge in [-0.1, -0.05) is 30.3 Å². The largest absolute Gasteiger partial charge is 0.402 e. The van der Waals surface area contributed by atoms with E-state index in [0.717, 1.165) is 0 Å². The molecule has 0 atom stereocenters. The summed E-state index contributed by atoms with van der Waals surface area (Å²) >= 11 is 0. The van der Waals surface area contributed by atoms with Crippen molar-refractivity contribution < 1.29 is 14.5 Å². The predicted molar refractivity (Wildman–Crippen MR) is 80.1 cm³/mol. The van der Waals surface area contributed by atoms with Crippen molar-refractivity contribution in [3.05, 3.63) is 81.5 Å². The van der Waals surface area contributed by atoms with Gasteiger partial charge in [0.05, 0.1) is 10.5 Å². The van der Waals surface area contributed by atoms with E-state index >= 15 is 0 Å². The van der Waals surface area contributed by atoms with Crippen LogP contribution in [0.15, 0.2) is 65.3 Å². The molecule has 1 aliphatic rings. The van der Waals surface area contributed by atoms with E-state index in [0.29, 0.717) is 11.1 Å². The summed E-state index contributed by atoms with van der Waals surface area (Å²) in [6.07, 6.45) is 1.36. The van der Waals surface area contributed by atoms with Crippen LogP contribution in [-0.2, 0) is 9.53 Å². The van der Waals surface area contributed by atoms with Gasteiger partial charge in [-0.05, 0) is 24.3 Å². The summed E-state index contributed by atoms with van der Waals surface area (Å²) in [4.78, 5) is 26.5. The van der Waals surface area contributed by atoms with Crippen molar-refractivity contribution in [2.24, 2.45) is 4.99 Å². The highest BCUT2D eigenvalue weighted by molar-refractivity contribution is 6.12. The second-order valence-electron chi connectivity index (χ2n) is 4.52. The van der Waals surface area contributed by atoms with Crippen LogP contribution in [-0.4, -0.2) is 16.8 Å². The van der Waals surface area contributed by atoms with Crippen molar-refractivity contribution in [1.29, 1.82) is 0 Å². The molecule has 0 spiro atoms. The molecule has 0 aliphatic carbocycles. The Bertz CT molecular complexity index is 810. The first kappa shape index (κ1) is 13.7. The van der Waals surface area contributed by atoms with E-state index in [1.807, 2.05) is 6.07 Å². The lowest BCUT2D eigenvalue weighted by atomic mass is 10.1. The van der Waals surface area contributed by atoms with Crippen LogP contribution in [0.5, 0.6) is 0 Å². The maximum atomic E-state index is 11.9. The lowest BCUT2D eigenvalue weighted by Crippen LogP contribution is -2.05. The Morgan fingerprint density at radius 1 is 1.05 bits per heavy atom. The average Bonchev–Trinajstić information content (AvgIpc) is 2.90. The van der Waals surface area contributed by atoms with Crippen molar-refractivity contribution in [3.63, 3.8) is 0 Å². The monoisotopic (exact) mass is 294 g/mol. The maximum Gasteiger partial charge on any atom is 0.363 e. The summed E-state index contributed by atoms with van der Waals surface area (Å²) in [5.41, 5.74) is 0.915. The number of ether oxygens (including phenoxy) is 1. The fraction of sp³-hybridized carbons (Fsp3) is 0. The highest BCUT2D eigenvalue weighted by Crippen LogP contribution is 2.24. The van der Waals surface area contributed by atoms with Gasteiger partial charge in [-0.15, -0.1) is 0 Å². The third-order valence-corrected chi connectivity index (χ3v) is 3.07. The molecule has 0 saturated carbocycles. The van der Waals surface area contributed by atoms with Crippen molar-refractivity contribution in [2.75, 3.05) is 0 Å². The van der Waals surface area contributed by atoms with Crippen molar-refractivity contribution >= 4 is 23.6 Å². The molecule has 6 nitrogen and oxygen atoms in total. The number of carbonyl (C=O) groups excluding carboxylic acids is 1. The highest BCUT2D eigenvalue weighted by Gasteiger charge is 2.25. The van der Waals surface area contributed by atoms with Crippen LogP contribution in [0.4, 0.5) is 5.69 Å². The molecule has 0 amide bonds. The molecule has 1 heterocycles. The van der Waals surface area contributed by atoms with Gasteiger partial charge in [-0.2, -0.15) is 0 Å². The van der Waals surface area contributed by atoms with Crippen molar-refractivity contribution in [1.82, 2.24) is 0 Å². The third-order valence-electron chi connectivity index (χ3n) is 3.07. The molecule has 0 aromatic heterocycles.